The number of pyridine rings is 1. The molecule has 1 aliphatic carbocycles. The number of carboxylic acid groups (broad SMARTS) is 1. The van der Waals surface area contributed by atoms with Crippen LogP contribution in [-0.2, 0) is 0 Å². The molecule has 7 heteroatoms. The number of hydrogen-bond donors (Lipinski definition) is 1. The van der Waals surface area contributed by atoms with Gasteiger partial charge in [-0.05, 0) is 46.0 Å². The Morgan fingerprint density at radius 2 is 1.96 bits per heavy atom. The number of benzene rings is 1. The molecule has 0 radical (unpaired) electrons. The zero-order chi connectivity index (χ0) is 19.1. The van der Waals surface area contributed by atoms with Crippen molar-refractivity contribution in [1.82, 2.24) is 19.7 Å². The van der Waals surface area contributed by atoms with Gasteiger partial charge in [0.05, 0.1) is 16.8 Å². The van der Waals surface area contributed by atoms with Gasteiger partial charge in [-0.25, -0.2) is 14.5 Å². The summed E-state index contributed by atoms with van der Waals surface area (Å²) >= 11 is 0. The lowest BCUT2D eigenvalue weighted by atomic mass is 9.88. The van der Waals surface area contributed by atoms with Crippen LogP contribution in [0, 0.1) is 6.92 Å². The number of aromatic nitrogens is 3. The van der Waals surface area contributed by atoms with E-state index in [0.717, 1.165) is 29.6 Å². The average Bonchev–Trinajstić information content (AvgIpc) is 2.95. The number of ether oxygens (including phenoxy) is 1. The lowest BCUT2D eigenvalue weighted by molar-refractivity contribution is 0.0408. The molecule has 1 saturated carbocycles. The third kappa shape index (κ3) is 3.14. The van der Waals surface area contributed by atoms with Gasteiger partial charge in [0.25, 0.3) is 0 Å². The third-order valence-electron chi connectivity index (χ3n) is 5.09. The van der Waals surface area contributed by atoms with Crippen LogP contribution < -0.4 is 4.74 Å². The maximum atomic E-state index is 11.6. The smallest absolute Gasteiger partial charge is 0.354 e. The van der Waals surface area contributed by atoms with Crippen LogP contribution in [0.2, 0.25) is 0 Å². The zero-order valence-electron chi connectivity index (χ0n) is 15.6. The Kier molecular flexibility index (Phi) is 4.31. The van der Waals surface area contributed by atoms with E-state index < -0.39 is 5.97 Å². The lowest BCUT2D eigenvalue weighted by Gasteiger charge is -2.39. The molecular weight excluding hydrogens is 344 g/mol. The van der Waals surface area contributed by atoms with Gasteiger partial charge in [-0.3, -0.25) is 0 Å². The summed E-state index contributed by atoms with van der Waals surface area (Å²) in [6.07, 6.45) is 1.92. The molecule has 1 fully saturated rings. The molecule has 3 aromatic rings. The van der Waals surface area contributed by atoms with E-state index in [-0.39, 0.29) is 11.8 Å². The molecule has 0 spiro atoms. The van der Waals surface area contributed by atoms with Crippen molar-refractivity contribution in [2.75, 3.05) is 14.1 Å². The fourth-order valence-electron chi connectivity index (χ4n) is 3.44. The standard InChI is InChI=1S/C20H22N4O3/c1-12-18-17(27-15-9-14(10-15)23(2)3)11-16(20(25)26)21-19(18)24(22-12)13-7-5-4-6-8-13/h4-8,11,14-15H,9-10H2,1-3H3,(H,25,26). The summed E-state index contributed by atoms with van der Waals surface area (Å²) in [4.78, 5) is 18.1. The minimum absolute atomic E-state index is 0.0435. The lowest BCUT2D eigenvalue weighted by Crippen LogP contribution is -2.46. The molecule has 27 heavy (non-hydrogen) atoms. The van der Waals surface area contributed by atoms with E-state index in [1.165, 1.54) is 6.07 Å². The van der Waals surface area contributed by atoms with Crippen LogP contribution in [0.4, 0.5) is 0 Å². The number of aryl methyl sites for hydroxylation is 1. The maximum absolute atomic E-state index is 11.6. The van der Waals surface area contributed by atoms with Crippen LogP contribution in [0.3, 0.4) is 0 Å². The molecule has 140 valence electrons. The highest BCUT2D eigenvalue weighted by Crippen LogP contribution is 2.35. The predicted octanol–water partition coefficient (Wildman–Crippen LogP) is 2.90. The second kappa shape index (κ2) is 6.66. The van der Waals surface area contributed by atoms with Crippen LogP contribution in [-0.4, -0.2) is 57.0 Å². The molecule has 1 N–H and O–H groups in total. The monoisotopic (exact) mass is 366 g/mol. The first kappa shape index (κ1) is 17.5. The number of carbonyl (C=O) groups is 1. The average molecular weight is 366 g/mol. The van der Waals surface area contributed by atoms with Gasteiger partial charge >= 0.3 is 5.97 Å². The molecule has 0 unspecified atom stereocenters. The van der Waals surface area contributed by atoms with E-state index in [1.54, 1.807) is 4.68 Å². The molecule has 0 saturated heterocycles. The molecule has 2 heterocycles. The highest BCUT2D eigenvalue weighted by atomic mass is 16.5. The Hall–Kier alpha value is -2.93. The van der Waals surface area contributed by atoms with E-state index in [0.29, 0.717) is 17.4 Å². The number of fused-ring (bicyclic) bond motifs is 1. The van der Waals surface area contributed by atoms with Crippen molar-refractivity contribution in [1.29, 1.82) is 0 Å². The summed E-state index contributed by atoms with van der Waals surface area (Å²) in [6, 6.07) is 11.6. The summed E-state index contributed by atoms with van der Waals surface area (Å²) in [6.45, 7) is 1.89. The van der Waals surface area contributed by atoms with Gasteiger partial charge in [-0.1, -0.05) is 18.2 Å². The normalized spacial score (nSPS) is 19.3. The molecule has 1 aromatic carbocycles. The number of hydrogen-bond acceptors (Lipinski definition) is 5. The Balaban J connectivity index is 1.79. The second-order valence-corrected chi connectivity index (χ2v) is 7.17. The van der Waals surface area contributed by atoms with Crippen LogP contribution in [0.25, 0.3) is 16.7 Å². The Bertz CT molecular complexity index is 991. The minimum atomic E-state index is -1.08. The van der Waals surface area contributed by atoms with Crippen LogP contribution in [0.5, 0.6) is 5.75 Å². The topological polar surface area (TPSA) is 80.5 Å². The number of nitrogens with zero attached hydrogens (tertiary/aromatic N) is 4. The van der Waals surface area contributed by atoms with Gasteiger partial charge in [0.15, 0.2) is 11.3 Å². The quantitative estimate of drug-likeness (QED) is 0.748. The first-order valence-corrected chi connectivity index (χ1v) is 8.96. The van der Waals surface area contributed by atoms with Crippen LogP contribution in [0.15, 0.2) is 36.4 Å². The Morgan fingerprint density at radius 3 is 2.59 bits per heavy atom. The van der Waals surface area contributed by atoms with Crippen molar-refractivity contribution in [2.24, 2.45) is 0 Å². The Labute approximate surface area is 157 Å². The third-order valence-corrected chi connectivity index (χ3v) is 5.09. The van der Waals surface area contributed by atoms with Gasteiger partial charge in [-0.2, -0.15) is 5.10 Å². The SMILES string of the molecule is Cc1nn(-c2ccccc2)c2nc(C(=O)O)cc(OC3CC(N(C)C)C3)c12. The molecular formula is C20H22N4O3. The maximum Gasteiger partial charge on any atom is 0.354 e. The van der Waals surface area contributed by atoms with Crippen LogP contribution in [0.1, 0.15) is 29.0 Å². The molecule has 0 bridgehead atoms. The van der Waals surface area contributed by atoms with Crippen molar-refractivity contribution in [2.45, 2.75) is 31.9 Å². The van der Waals surface area contributed by atoms with Gasteiger partial charge in [0.1, 0.15) is 11.9 Å². The highest BCUT2D eigenvalue weighted by Gasteiger charge is 2.33. The number of aromatic carboxylic acids is 1. The summed E-state index contributed by atoms with van der Waals surface area (Å²) < 4.78 is 7.86. The molecule has 7 nitrogen and oxygen atoms in total. The number of rotatable bonds is 5. The fraction of sp³-hybridized carbons (Fsp3) is 0.350. The fourth-order valence-corrected chi connectivity index (χ4v) is 3.44. The summed E-state index contributed by atoms with van der Waals surface area (Å²) in [5.41, 5.74) is 2.04. The molecule has 0 aliphatic heterocycles. The number of carboxylic acids is 1. The number of para-hydroxylation sites is 1. The first-order valence-electron chi connectivity index (χ1n) is 8.96. The van der Waals surface area contributed by atoms with Crippen molar-refractivity contribution in [3.63, 3.8) is 0 Å². The van der Waals surface area contributed by atoms with Gasteiger partial charge in [0.2, 0.25) is 0 Å². The molecule has 0 atom stereocenters. The van der Waals surface area contributed by atoms with Gasteiger partial charge < -0.3 is 14.7 Å². The second-order valence-electron chi connectivity index (χ2n) is 7.17. The van der Waals surface area contributed by atoms with Crippen molar-refractivity contribution < 1.29 is 14.6 Å². The molecule has 1 aliphatic rings. The van der Waals surface area contributed by atoms with E-state index in [2.05, 4.69) is 29.1 Å². The molecule has 4 rings (SSSR count). The van der Waals surface area contributed by atoms with E-state index >= 15 is 0 Å². The summed E-state index contributed by atoms with van der Waals surface area (Å²) in [7, 11) is 4.12. The largest absolute Gasteiger partial charge is 0.489 e. The van der Waals surface area contributed by atoms with E-state index in [9.17, 15) is 9.90 Å². The van der Waals surface area contributed by atoms with Crippen LogP contribution >= 0.6 is 0 Å². The zero-order valence-corrected chi connectivity index (χ0v) is 15.6. The molecule has 2 aromatic heterocycles. The van der Waals surface area contributed by atoms with Crippen molar-refractivity contribution in [3.8, 4) is 11.4 Å². The first-order chi connectivity index (χ1) is 12.9. The van der Waals surface area contributed by atoms with Gasteiger partial charge in [-0.15, -0.1) is 0 Å². The summed E-state index contributed by atoms with van der Waals surface area (Å²) in [5, 5.41) is 14.9. The Morgan fingerprint density at radius 1 is 1.26 bits per heavy atom. The minimum Gasteiger partial charge on any atom is -0.489 e. The van der Waals surface area contributed by atoms with Crippen molar-refractivity contribution in [3.05, 3.63) is 47.8 Å². The summed E-state index contributed by atoms with van der Waals surface area (Å²) in [5.74, 6) is -0.542. The van der Waals surface area contributed by atoms with Crippen molar-refractivity contribution >= 4 is 17.0 Å². The predicted molar refractivity (Wildman–Crippen MR) is 102 cm³/mol. The highest BCUT2D eigenvalue weighted by molar-refractivity contribution is 5.93. The molecule has 0 amide bonds. The van der Waals surface area contributed by atoms with E-state index in [1.807, 2.05) is 37.3 Å². The van der Waals surface area contributed by atoms with E-state index in [4.69, 9.17) is 4.74 Å². The van der Waals surface area contributed by atoms with Gasteiger partial charge in [0, 0.05) is 12.1 Å².